The summed E-state index contributed by atoms with van der Waals surface area (Å²) in [5.74, 6) is 0.819. The first-order chi connectivity index (χ1) is 10.1. The molecule has 0 aliphatic rings. The highest BCUT2D eigenvalue weighted by atomic mass is 35.5. The van der Waals surface area contributed by atoms with E-state index in [1.54, 1.807) is 31.6 Å². The lowest BCUT2D eigenvalue weighted by atomic mass is 10.0. The zero-order valence-corrected chi connectivity index (χ0v) is 13.9. The number of hydrogen-bond acceptors (Lipinski definition) is 3. The molecule has 0 saturated carbocycles. The van der Waals surface area contributed by atoms with Crippen molar-refractivity contribution in [1.29, 1.82) is 0 Å². The number of nitrogens with one attached hydrogen (secondary N) is 1. The number of ether oxygens (including phenoxy) is 1. The molecule has 0 fully saturated rings. The molecule has 0 spiro atoms. The summed E-state index contributed by atoms with van der Waals surface area (Å²) in [5, 5.41) is 2.92. The van der Waals surface area contributed by atoms with Crippen molar-refractivity contribution in [2.24, 2.45) is 0 Å². The maximum atomic E-state index is 12.0. The summed E-state index contributed by atoms with van der Waals surface area (Å²) in [4.78, 5) is 15.9. The van der Waals surface area contributed by atoms with E-state index in [0.29, 0.717) is 12.1 Å². The molecule has 2 rings (SSSR count). The molecule has 0 radical (unpaired) electrons. The maximum absolute atomic E-state index is 12.0. The second kappa shape index (κ2) is 8.39. The number of hydrogen-bond donors (Lipinski definition) is 1. The Labute approximate surface area is 137 Å². The summed E-state index contributed by atoms with van der Waals surface area (Å²) in [5.41, 5.74) is 4.05. The number of methoxy groups -OCH3 is 1. The third-order valence-corrected chi connectivity index (χ3v) is 3.32. The Morgan fingerprint density at radius 2 is 1.91 bits per heavy atom. The topological polar surface area (TPSA) is 51.2 Å². The van der Waals surface area contributed by atoms with Crippen LogP contribution in [0.25, 0.3) is 0 Å². The highest BCUT2D eigenvalue weighted by Crippen LogP contribution is 2.25. The summed E-state index contributed by atoms with van der Waals surface area (Å²) in [6, 6.07) is 7.60. The molecule has 2 aromatic rings. The van der Waals surface area contributed by atoms with Gasteiger partial charge in [-0.1, -0.05) is 17.7 Å². The SMILES string of the molecule is COc1c(C)cc(C)cc1CCNC(=O)c1ccncc1.Cl. The van der Waals surface area contributed by atoms with Crippen LogP contribution in [0.5, 0.6) is 5.75 Å². The number of carbonyl (C=O) groups is 1. The summed E-state index contributed by atoms with van der Waals surface area (Å²) < 4.78 is 5.45. The number of carbonyl (C=O) groups excluding carboxylic acids is 1. The molecule has 1 aromatic heterocycles. The van der Waals surface area contributed by atoms with E-state index >= 15 is 0 Å². The van der Waals surface area contributed by atoms with Crippen LogP contribution in [0.2, 0.25) is 0 Å². The van der Waals surface area contributed by atoms with E-state index in [1.165, 1.54) is 5.56 Å². The summed E-state index contributed by atoms with van der Waals surface area (Å²) in [6.07, 6.45) is 3.96. The van der Waals surface area contributed by atoms with Crippen LogP contribution in [0, 0.1) is 13.8 Å². The van der Waals surface area contributed by atoms with E-state index in [4.69, 9.17) is 4.74 Å². The van der Waals surface area contributed by atoms with Gasteiger partial charge in [-0.25, -0.2) is 0 Å². The van der Waals surface area contributed by atoms with Gasteiger partial charge < -0.3 is 10.1 Å². The van der Waals surface area contributed by atoms with Crippen LogP contribution in [0.4, 0.5) is 0 Å². The van der Waals surface area contributed by atoms with Crippen molar-refractivity contribution in [3.8, 4) is 5.75 Å². The minimum absolute atomic E-state index is 0. The van der Waals surface area contributed by atoms with Crippen LogP contribution in [-0.4, -0.2) is 24.5 Å². The van der Waals surface area contributed by atoms with Crippen LogP contribution in [0.15, 0.2) is 36.7 Å². The third kappa shape index (κ3) is 4.46. The number of aromatic nitrogens is 1. The van der Waals surface area contributed by atoms with Crippen molar-refractivity contribution < 1.29 is 9.53 Å². The molecule has 118 valence electrons. The van der Waals surface area contributed by atoms with Gasteiger partial charge in [0, 0.05) is 24.5 Å². The predicted molar refractivity (Wildman–Crippen MR) is 90.0 cm³/mol. The second-order valence-electron chi connectivity index (χ2n) is 5.02. The van der Waals surface area contributed by atoms with Crippen LogP contribution in [0.1, 0.15) is 27.0 Å². The van der Waals surface area contributed by atoms with Crippen molar-refractivity contribution in [2.75, 3.05) is 13.7 Å². The van der Waals surface area contributed by atoms with Crippen molar-refractivity contribution in [3.63, 3.8) is 0 Å². The highest BCUT2D eigenvalue weighted by Gasteiger charge is 2.09. The predicted octanol–water partition coefficient (Wildman–Crippen LogP) is 3.10. The first kappa shape index (κ1) is 18.0. The second-order valence-corrected chi connectivity index (χ2v) is 5.02. The lowest BCUT2D eigenvalue weighted by molar-refractivity contribution is 0.0954. The normalized spacial score (nSPS) is 9.77. The number of benzene rings is 1. The standard InChI is InChI=1S/C17H20N2O2.ClH/c1-12-10-13(2)16(21-3)15(11-12)6-9-19-17(20)14-4-7-18-8-5-14;/h4-5,7-8,10-11H,6,9H2,1-3H3,(H,19,20);1H. The van der Waals surface area contributed by atoms with Gasteiger partial charge in [0.25, 0.3) is 5.91 Å². The zero-order chi connectivity index (χ0) is 15.2. The first-order valence-electron chi connectivity index (χ1n) is 6.94. The van der Waals surface area contributed by atoms with E-state index < -0.39 is 0 Å². The summed E-state index contributed by atoms with van der Waals surface area (Å²) in [6.45, 7) is 4.66. The first-order valence-corrected chi connectivity index (χ1v) is 6.94. The third-order valence-electron chi connectivity index (χ3n) is 3.32. The highest BCUT2D eigenvalue weighted by molar-refractivity contribution is 5.93. The largest absolute Gasteiger partial charge is 0.496 e. The zero-order valence-electron chi connectivity index (χ0n) is 13.1. The number of nitrogens with zero attached hydrogens (tertiary/aromatic N) is 1. The van der Waals surface area contributed by atoms with Crippen LogP contribution >= 0.6 is 12.4 Å². The monoisotopic (exact) mass is 320 g/mol. The van der Waals surface area contributed by atoms with Crippen molar-refractivity contribution in [3.05, 3.63) is 58.9 Å². The molecule has 5 heteroatoms. The van der Waals surface area contributed by atoms with Gasteiger partial charge in [0.15, 0.2) is 0 Å². The molecule has 22 heavy (non-hydrogen) atoms. The van der Waals surface area contributed by atoms with Crippen molar-refractivity contribution in [1.82, 2.24) is 10.3 Å². The van der Waals surface area contributed by atoms with Crippen LogP contribution in [0.3, 0.4) is 0 Å². The van der Waals surface area contributed by atoms with Crippen molar-refractivity contribution >= 4 is 18.3 Å². The fraction of sp³-hybridized carbons (Fsp3) is 0.294. The molecule has 0 saturated heterocycles. The quantitative estimate of drug-likeness (QED) is 0.921. The Morgan fingerprint density at radius 1 is 1.23 bits per heavy atom. The summed E-state index contributed by atoms with van der Waals surface area (Å²) >= 11 is 0. The van der Waals surface area contributed by atoms with E-state index in [0.717, 1.165) is 23.3 Å². The molecular formula is C17H21ClN2O2. The van der Waals surface area contributed by atoms with E-state index in [2.05, 4.69) is 29.4 Å². The Balaban J connectivity index is 0.00000242. The number of rotatable bonds is 5. The van der Waals surface area contributed by atoms with Crippen LogP contribution in [-0.2, 0) is 6.42 Å². The Hall–Kier alpha value is -2.07. The average Bonchev–Trinajstić information content (AvgIpc) is 2.47. The molecular weight excluding hydrogens is 300 g/mol. The molecule has 4 nitrogen and oxygen atoms in total. The molecule has 1 amide bonds. The molecule has 0 aliphatic carbocycles. The van der Waals surface area contributed by atoms with E-state index in [1.807, 2.05) is 6.92 Å². The minimum Gasteiger partial charge on any atom is -0.496 e. The average molecular weight is 321 g/mol. The van der Waals surface area contributed by atoms with Gasteiger partial charge in [-0.05, 0) is 43.5 Å². The Morgan fingerprint density at radius 3 is 2.55 bits per heavy atom. The van der Waals surface area contributed by atoms with Gasteiger partial charge in [0.1, 0.15) is 5.75 Å². The van der Waals surface area contributed by atoms with Gasteiger partial charge in [0.05, 0.1) is 7.11 Å². The number of halogens is 1. The van der Waals surface area contributed by atoms with Gasteiger partial charge in [-0.2, -0.15) is 0 Å². The van der Waals surface area contributed by atoms with Gasteiger partial charge >= 0.3 is 0 Å². The molecule has 0 atom stereocenters. The fourth-order valence-corrected chi connectivity index (χ4v) is 2.44. The summed E-state index contributed by atoms with van der Waals surface area (Å²) in [7, 11) is 1.68. The Kier molecular flexibility index (Phi) is 6.86. The molecule has 0 bridgehead atoms. The Bertz CT molecular complexity index is 630. The molecule has 1 N–H and O–H groups in total. The van der Waals surface area contributed by atoms with Gasteiger partial charge in [-0.3, -0.25) is 9.78 Å². The smallest absolute Gasteiger partial charge is 0.251 e. The fourth-order valence-electron chi connectivity index (χ4n) is 2.44. The van der Waals surface area contributed by atoms with Gasteiger partial charge in [0.2, 0.25) is 0 Å². The van der Waals surface area contributed by atoms with Gasteiger partial charge in [-0.15, -0.1) is 12.4 Å². The molecule has 1 aromatic carbocycles. The van der Waals surface area contributed by atoms with E-state index in [-0.39, 0.29) is 18.3 Å². The maximum Gasteiger partial charge on any atom is 0.251 e. The van der Waals surface area contributed by atoms with Crippen LogP contribution < -0.4 is 10.1 Å². The molecule has 0 aliphatic heterocycles. The number of aryl methyl sites for hydroxylation is 2. The molecule has 1 heterocycles. The lowest BCUT2D eigenvalue weighted by Crippen LogP contribution is -2.25. The number of amides is 1. The lowest BCUT2D eigenvalue weighted by Gasteiger charge is -2.13. The van der Waals surface area contributed by atoms with Crippen molar-refractivity contribution in [2.45, 2.75) is 20.3 Å². The van der Waals surface area contributed by atoms with E-state index in [9.17, 15) is 4.79 Å². The number of pyridine rings is 1. The minimum atomic E-state index is -0.0826. The molecule has 0 unspecified atom stereocenters.